The summed E-state index contributed by atoms with van der Waals surface area (Å²) >= 11 is 8.12. The fourth-order valence-corrected chi connectivity index (χ4v) is 2.18. The van der Waals surface area contributed by atoms with E-state index >= 15 is 0 Å². The number of rotatable bonds is 2. The standard InChI is InChI=1S/C14H11ClFIO/c1-8-2-3-10(7-12(8)16)14(18)9-4-5-13(17)11(15)6-9/h2-7,14,18H,1H3. The van der Waals surface area contributed by atoms with Crippen LogP contribution in [0.1, 0.15) is 22.8 Å². The molecule has 0 aliphatic heterocycles. The maximum absolute atomic E-state index is 13.5. The molecule has 2 rings (SSSR count). The van der Waals surface area contributed by atoms with Gasteiger partial charge in [-0.25, -0.2) is 4.39 Å². The Morgan fingerprint density at radius 2 is 1.78 bits per heavy atom. The van der Waals surface area contributed by atoms with Crippen LogP contribution in [-0.4, -0.2) is 5.11 Å². The fourth-order valence-electron chi connectivity index (χ4n) is 1.65. The van der Waals surface area contributed by atoms with Gasteiger partial charge in [0.2, 0.25) is 0 Å². The Bertz CT molecular complexity index is 535. The summed E-state index contributed by atoms with van der Waals surface area (Å²) in [4.78, 5) is 0. The van der Waals surface area contributed by atoms with E-state index in [2.05, 4.69) is 22.6 Å². The highest BCUT2D eigenvalue weighted by atomic mass is 127. The molecule has 1 unspecified atom stereocenters. The lowest BCUT2D eigenvalue weighted by atomic mass is 10.0. The van der Waals surface area contributed by atoms with Crippen LogP contribution in [0, 0.1) is 16.3 Å². The van der Waals surface area contributed by atoms with Gasteiger partial charge in [0.05, 0.1) is 5.02 Å². The molecule has 1 N–H and O–H groups in total. The average Bonchev–Trinajstić information content (AvgIpc) is 2.35. The van der Waals surface area contributed by atoms with Gasteiger partial charge in [-0.2, -0.15) is 0 Å². The molecular weight excluding hydrogens is 366 g/mol. The summed E-state index contributed by atoms with van der Waals surface area (Å²) in [6.45, 7) is 1.69. The molecule has 4 heteroatoms. The summed E-state index contributed by atoms with van der Waals surface area (Å²) in [6.07, 6.45) is -0.866. The fraction of sp³-hybridized carbons (Fsp3) is 0.143. The van der Waals surface area contributed by atoms with E-state index in [0.29, 0.717) is 21.7 Å². The summed E-state index contributed by atoms with van der Waals surface area (Å²) in [6, 6.07) is 10.0. The van der Waals surface area contributed by atoms with Gasteiger partial charge in [0.1, 0.15) is 11.9 Å². The van der Waals surface area contributed by atoms with Crippen LogP contribution < -0.4 is 0 Å². The van der Waals surface area contributed by atoms with Crippen molar-refractivity contribution in [2.75, 3.05) is 0 Å². The molecule has 18 heavy (non-hydrogen) atoms. The highest BCUT2D eigenvalue weighted by Crippen LogP contribution is 2.27. The number of aliphatic hydroxyl groups excluding tert-OH is 1. The van der Waals surface area contributed by atoms with Gasteiger partial charge in [0.25, 0.3) is 0 Å². The van der Waals surface area contributed by atoms with Crippen molar-refractivity contribution in [1.82, 2.24) is 0 Å². The first-order valence-electron chi connectivity index (χ1n) is 5.38. The molecule has 0 aromatic heterocycles. The molecule has 0 bridgehead atoms. The molecule has 0 radical (unpaired) electrons. The molecule has 0 spiro atoms. The molecule has 94 valence electrons. The molecule has 0 aliphatic carbocycles. The van der Waals surface area contributed by atoms with Gasteiger partial charge >= 0.3 is 0 Å². The second-order valence-corrected chi connectivity index (χ2v) is 5.65. The van der Waals surface area contributed by atoms with Crippen LogP contribution in [0.25, 0.3) is 0 Å². The molecule has 0 saturated heterocycles. The highest BCUT2D eigenvalue weighted by Gasteiger charge is 2.13. The predicted molar refractivity (Wildman–Crippen MR) is 79.4 cm³/mol. The van der Waals surface area contributed by atoms with Gasteiger partial charge in [-0.05, 0) is 64.4 Å². The van der Waals surface area contributed by atoms with Crippen molar-refractivity contribution in [1.29, 1.82) is 0 Å². The van der Waals surface area contributed by atoms with Crippen molar-refractivity contribution in [2.24, 2.45) is 0 Å². The van der Waals surface area contributed by atoms with Crippen LogP contribution >= 0.6 is 34.2 Å². The minimum Gasteiger partial charge on any atom is -0.384 e. The predicted octanol–water partition coefficient (Wildman–Crippen LogP) is 4.47. The Morgan fingerprint density at radius 1 is 1.17 bits per heavy atom. The Kier molecular flexibility index (Phi) is 4.25. The third-order valence-corrected chi connectivity index (χ3v) is 4.34. The zero-order chi connectivity index (χ0) is 13.3. The molecule has 0 heterocycles. The Labute approximate surface area is 124 Å². The Morgan fingerprint density at radius 3 is 2.39 bits per heavy atom. The molecule has 2 aromatic rings. The normalized spacial score (nSPS) is 12.5. The van der Waals surface area contributed by atoms with Crippen LogP contribution in [0.15, 0.2) is 36.4 Å². The maximum Gasteiger partial charge on any atom is 0.126 e. The number of benzene rings is 2. The number of halogens is 3. The monoisotopic (exact) mass is 376 g/mol. The summed E-state index contributed by atoms with van der Waals surface area (Å²) < 4.78 is 14.4. The highest BCUT2D eigenvalue weighted by molar-refractivity contribution is 14.1. The van der Waals surface area contributed by atoms with Gasteiger partial charge in [0, 0.05) is 3.57 Å². The Hall–Kier alpha value is -0.650. The van der Waals surface area contributed by atoms with E-state index in [4.69, 9.17) is 11.6 Å². The molecule has 0 fully saturated rings. The summed E-state index contributed by atoms with van der Waals surface area (Å²) in [5.74, 6) is -0.317. The Balaban J connectivity index is 2.37. The second-order valence-electron chi connectivity index (χ2n) is 4.08. The van der Waals surface area contributed by atoms with Gasteiger partial charge in [-0.15, -0.1) is 0 Å². The SMILES string of the molecule is Cc1ccc(C(O)c2ccc(I)c(Cl)c2)cc1F. The van der Waals surface area contributed by atoms with Gasteiger partial charge in [-0.3, -0.25) is 0 Å². The van der Waals surface area contributed by atoms with E-state index in [1.165, 1.54) is 6.07 Å². The molecule has 1 atom stereocenters. The topological polar surface area (TPSA) is 20.2 Å². The van der Waals surface area contributed by atoms with Crippen molar-refractivity contribution < 1.29 is 9.50 Å². The molecular formula is C14H11ClFIO. The third kappa shape index (κ3) is 2.84. The van der Waals surface area contributed by atoms with E-state index in [1.807, 2.05) is 6.07 Å². The molecule has 0 saturated carbocycles. The zero-order valence-electron chi connectivity index (χ0n) is 9.62. The van der Waals surface area contributed by atoms with Crippen LogP contribution in [0.2, 0.25) is 5.02 Å². The van der Waals surface area contributed by atoms with E-state index in [0.717, 1.165) is 3.57 Å². The van der Waals surface area contributed by atoms with Crippen molar-refractivity contribution in [3.8, 4) is 0 Å². The minimum absolute atomic E-state index is 0.317. The number of hydrogen-bond donors (Lipinski definition) is 1. The zero-order valence-corrected chi connectivity index (χ0v) is 12.5. The number of aryl methyl sites for hydroxylation is 1. The van der Waals surface area contributed by atoms with Crippen molar-refractivity contribution in [3.05, 3.63) is 67.5 Å². The summed E-state index contributed by atoms with van der Waals surface area (Å²) in [5.41, 5.74) is 1.74. The quantitative estimate of drug-likeness (QED) is 0.767. The van der Waals surface area contributed by atoms with Crippen LogP contribution in [0.4, 0.5) is 4.39 Å². The average molecular weight is 377 g/mol. The third-order valence-electron chi connectivity index (χ3n) is 2.77. The van der Waals surface area contributed by atoms with Crippen LogP contribution in [0.5, 0.6) is 0 Å². The molecule has 0 amide bonds. The smallest absolute Gasteiger partial charge is 0.126 e. The van der Waals surface area contributed by atoms with Gasteiger partial charge in [-0.1, -0.05) is 29.8 Å². The second kappa shape index (κ2) is 5.55. The van der Waals surface area contributed by atoms with E-state index in [-0.39, 0.29) is 5.82 Å². The van der Waals surface area contributed by atoms with E-state index in [1.54, 1.807) is 31.2 Å². The molecule has 0 aliphatic rings. The lowest BCUT2D eigenvalue weighted by molar-refractivity contribution is 0.220. The largest absolute Gasteiger partial charge is 0.384 e. The van der Waals surface area contributed by atoms with Crippen molar-refractivity contribution in [3.63, 3.8) is 0 Å². The van der Waals surface area contributed by atoms with Crippen LogP contribution in [0.3, 0.4) is 0 Å². The van der Waals surface area contributed by atoms with Crippen LogP contribution in [-0.2, 0) is 0 Å². The molecule has 1 nitrogen and oxygen atoms in total. The number of hydrogen-bond acceptors (Lipinski definition) is 1. The maximum atomic E-state index is 13.5. The minimum atomic E-state index is -0.866. The first kappa shape index (κ1) is 13.8. The van der Waals surface area contributed by atoms with Crippen molar-refractivity contribution >= 4 is 34.2 Å². The van der Waals surface area contributed by atoms with E-state index < -0.39 is 6.10 Å². The van der Waals surface area contributed by atoms with Crippen molar-refractivity contribution in [2.45, 2.75) is 13.0 Å². The van der Waals surface area contributed by atoms with E-state index in [9.17, 15) is 9.50 Å². The van der Waals surface area contributed by atoms with Gasteiger partial charge < -0.3 is 5.11 Å². The lowest BCUT2D eigenvalue weighted by Gasteiger charge is -2.13. The molecule has 2 aromatic carbocycles. The number of aliphatic hydroxyl groups is 1. The summed E-state index contributed by atoms with van der Waals surface area (Å²) in [5, 5.41) is 10.8. The lowest BCUT2D eigenvalue weighted by Crippen LogP contribution is -2.01. The summed E-state index contributed by atoms with van der Waals surface area (Å²) in [7, 11) is 0. The first-order valence-corrected chi connectivity index (χ1v) is 6.84. The first-order chi connectivity index (χ1) is 8.49. The van der Waals surface area contributed by atoms with Gasteiger partial charge in [0.15, 0.2) is 0 Å².